The zero-order valence-corrected chi connectivity index (χ0v) is 17.7. The normalized spacial score (nSPS) is 11.6. The van der Waals surface area contributed by atoms with Crippen LogP contribution in [0.3, 0.4) is 0 Å². The number of hydrogen-bond donors (Lipinski definition) is 1. The van der Waals surface area contributed by atoms with Crippen molar-refractivity contribution in [2.45, 2.75) is 12.2 Å². The molecule has 0 saturated carbocycles. The van der Waals surface area contributed by atoms with Gasteiger partial charge in [-0.05, 0) is 34.9 Å². The molecule has 3 aromatic rings. The summed E-state index contributed by atoms with van der Waals surface area (Å²) in [6.45, 7) is 0.577. The second-order valence-electron chi connectivity index (χ2n) is 6.45. The lowest BCUT2D eigenvalue weighted by molar-refractivity contribution is 0.297. The van der Waals surface area contributed by atoms with Crippen molar-refractivity contribution >= 4 is 23.1 Å². The molecule has 0 aliphatic carbocycles. The molecule has 0 bridgehead atoms. The molecular weight excluding hydrogens is 394 g/mol. The standard InChI is InChI=1S/C24H25N3O2S/c1-28-23-16-21(12-13-22(23)29-15-14-19-8-4-2-5-9-19)17-26-27-24(25)30-18-20-10-6-3-7-11-20/h2-13,16-17H,14-15,18H2,1H3,(H2,25,27). The maximum Gasteiger partial charge on any atom is 0.180 e. The lowest BCUT2D eigenvalue weighted by atomic mass is 10.2. The van der Waals surface area contributed by atoms with Crippen LogP contribution in [-0.2, 0) is 12.2 Å². The van der Waals surface area contributed by atoms with Crippen molar-refractivity contribution in [3.05, 3.63) is 95.6 Å². The molecule has 0 aliphatic heterocycles. The zero-order valence-electron chi connectivity index (χ0n) is 16.9. The van der Waals surface area contributed by atoms with E-state index in [0.29, 0.717) is 23.3 Å². The van der Waals surface area contributed by atoms with Gasteiger partial charge in [-0.2, -0.15) is 5.10 Å². The SMILES string of the molecule is COc1cc(C=NN=C(N)SCc2ccccc2)ccc1OCCc1ccccc1. The third kappa shape index (κ3) is 6.97. The molecule has 0 saturated heterocycles. The van der Waals surface area contributed by atoms with E-state index >= 15 is 0 Å². The minimum Gasteiger partial charge on any atom is -0.493 e. The number of nitrogens with zero attached hydrogens (tertiary/aromatic N) is 2. The summed E-state index contributed by atoms with van der Waals surface area (Å²) in [4.78, 5) is 0. The van der Waals surface area contributed by atoms with E-state index < -0.39 is 0 Å². The second-order valence-corrected chi connectivity index (χ2v) is 7.45. The molecule has 2 N–H and O–H groups in total. The summed E-state index contributed by atoms with van der Waals surface area (Å²) in [6, 6.07) is 26.0. The Balaban J connectivity index is 1.53. The van der Waals surface area contributed by atoms with Crippen LogP contribution in [0.15, 0.2) is 89.1 Å². The van der Waals surface area contributed by atoms with Gasteiger partial charge in [0.1, 0.15) is 0 Å². The molecule has 0 unspecified atom stereocenters. The summed E-state index contributed by atoms with van der Waals surface area (Å²) in [5.41, 5.74) is 9.21. The van der Waals surface area contributed by atoms with Crippen molar-refractivity contribution in [1.82, 2.24) is 0 Å². The average molecular weight is 420 g/mol. The van der Waals surface area contributed by atoms with Gasteiger partial charge in [0.15, 0.2) is 16.7 Å². The summed E-state index contributed by atoms with van der Waals surface area (Å²) in [7, 11) is 1.62. The maximum atomic E-state index is 5.92. The molecule has 0 heterocycles. The van der Waals surface area contributed by atoms with Crippen LogP contribution in [0.5, 0.6) is 11.5 Å². The summed E-state index contributed by atoms with van der Waals surface area (Å²) >= 11 is 1.45. The first-order valence-electron chi connectivity index (χ1n) is 9.62. The summed E-state index contributed by atoms with van der Waals surface area (Å²) < 4.78 is 11.3. The molecular formula is C24H25N3O2S. The largest absolute Gasteiger partial charge is 0.493 e. The average Bonchev–Trinajstić information content (AvgIpc) is 2.80. The fourth-order valence-electron chi connectivity index (χ4n) is 2.72. The molecule has 0 aromatic heterocycles. The minimum absolute atomic E-state index is 0.419. The number of methoxy groups -OCH3 is 1. The zero-order chi connectivity index (χ0) is 21.0. The topological polar surface area (TPSA) is 69.2 Å². The van der Waals surface area contributed by atoms with E-state index in [9.17, 15) is 0 Å². The molecule has 6 heteroatoms. The number of hydrogen-bond acceptors (Lipinski definition) is 5. The number of amidine groups is 1. The quantitative estimate of drug-likeness (QED) is 0.304. The van der Waals surface area contributed by atoms with Gasteiger partial charge in [0, 0.05) is 12.2 Å². The van der Waals surface area contributed by atoms with Crippen LogP contribution in [0.4, 0.5) is 0 Å². The highest BCUT2D eigenvalue weighted by molar-refractivity contribution is 8.13. The van der Waals surface area contributed by atoms with Crippen LogP contribution in [-0.4, -0.2) is 25.1 Å². The minimum atomic E-state index is 0.419. The molecule has 30 heavy (non-hydrogen) atoms. The third-order valence-electron chi connectivity index (χ3n) is 4.27. The fraction of sp³-hybridized carbons (Fsp3) is 0.167. The molecule has 0 atom stereocenters. The van der Waals surface area contributed by atoms with Gasteiger partial charge in [-0.25, -0.2) is 0 Å². The van der Waals surface area contributed by atoms with Crippen molar-refractivity contribution < 1.29 is 9.47 Å². The Morgan fingerprint density at radius 3 is 2.33 bits per heavy atom. The molecule has 5 nitrogen and oxygen atoms in total. The van der Waals surface area contributed by atoms with E-state index in [4.69, 9.17) is 15.2 Å². The lowest BCUT2D eigenvalue weighted by Gasteiger charge is -2.11. The fourth-order valence-corrected chi connectivity index (χ4v) is 3.33. The van der Waals surface area contributed by atoms with E-state index in [-0.39, 0.29) is 0 Å². The summed E-state index contributed by atoms with van der Waals surface area (Å²) in [5.74, 6) is 2.11. The molecule has 0 aliphatic rings. The van der Waals surface area contributed by atoms with E-state index in [1.807, 2.05) is 54.6 Å². The van der Waals surface area contributed by atoms with Crippen LogP contribution in [0.2, 0.25) is 0 Å². The van der Waals surface area contributed by atoms with Gasteiger partial charge in [-0.1, -0.05) is 72.4 Å². The van der Waals surface area contributed by atoms with Gasteiger partial charge in [0.2, 0.25) is 0 Å². The van der Waals surface area contributed by atoms with E-state index in [1.165, 1.54) is 22.9 Å². The molecule has 0 spiro atoms. The Hall–Kier alpha value is -3.25. The first kappa shape index (κ1) is 21.5. The summed E-state index contributed by atoms with van der Waals surface area (Å²) in [6.07, 6.45) is 2.48. The van der Waals surface area contributed by atoms with Crippen LogP contribution in [0, 0.1) is 0 Å². The number of benzene rings is 3. The molecule has 3 rings (SSSR count). The monoisotopic (exact) mass is 419 g/mol. The van der Waals surface area contributed by atoms with E-state index in [1.54, 1.807) is 13.3 Å². The van der Waals surface area contributed by atoms with Gasteiger partial charge in [0.05, 0.1) is 19.9 Å². The predicted octanol–water partition coefficient (Wildman–Crippen LogP) is 4.90. The Kier molecular flexibility index (Phi) is 8.35. The van der Waals surface area contributed by atoms with Gasteiger partial charge in [0.25, 0.3) is 0 Å². The van der Waals surface area contributed by atoms with Crippen molar-refractivity contribution in [1.29, 1.82) is 0 Å². The first-order valence-corrected chi connectivity index (χ1v) is 10.6. The number of rotatable bonds is 9. The van der Waals surface area contributed by atoms with E-state index in [0.717, 1.165) is 17.7 Å². The molecule has 154 valence electrons. The third-order valence-corrected chi connectivity index (χ3v) is 5.13. The Morgan fingerprint density at radius 2 is 1.63 bits per heavy atom. The smallest absolute Gasteiger partial charge is 0.180 e. The highest BCUT2D eigenvalue weighted by Gasteiger charge is 2.05. The van der Waals surface area contributed by atoms with Crippen LogP contribution in [0.1, 0.15) is 16.7 Å². The molecule has 0 radical (unpaired) electrons. The van der Waals surface area contributed by atoms with Crippen LogP contribution in [0.25, 0.3) is 0 Å². The Labute approximate surface area is 181 Å². The van der Waals surface area contributed by atoms with Crippen molar-refractivity contribution in [2.24, 2.45) is 15.9 Å². The first-order chi connectivity index (χ1) is 14.7. The number of ether oxygens (including phenoxy) is 2. The number of nitrogens with two attached hydrogens (primary N) is 1. The van der Waals surface area contributed by atoms with Crippen molar-refractivity contribution in [3.63, 3.8) is 0 Å². The van der Waals surface area contributed by atoms with Gasteiger partial charge < -0.3 is 15.2 Å². The maximum absolute atomic E-state index is 5.92. The van der Waals surface area contributed by atoms with Gasteiger partial charge in [-0.15, -0.1) is 5.10 Å². The van der Waals surface area contributed by atoms with Gasteiger partial charge in [-0.3, -0.25) is 0 Å². The highest BCUT2D eigenvalue weighted by atomic mass is 32.2. The van der Waals surface area contributed by atoms with Crippen LogP contribution >= 0.6 is 11.8 Å². The molecule has 0 amide bonds. The Bertz CT molecular complexity index is 976. The van der Waals surface area contributed by atoms with Crippen molar-refractivity contribution in [2.75, 3.05) is 13.7 Å². The highest BCUT2D eigenvalue weighted by Crippen LogP contribution is 2.27. The lowest BCUT2D eigenvalue weighted by Crippen LogP contribution is -2.06. The van der Waals surface area contributed by atoms with Crippen molar-refractivity contribution in [3.8, 4) is 11.5 Å². The molecule has 0 fully saturated rings. The second kappa shape index (κ2) is 11.7. The predicted molar refractivity (Wildman–Crippen MR) is 126 cm³/mol. The Morgan fingerprint density at radius 1 is 0.933 bits per heavy atom. The van der Waals surface area contributed by atoms with E-state index in [2.05, 4.69) is 34.5 Å². The van der Waals surface area contributed by atoms with Gasteiger partial charge >= 0.3 is 0 Å². The van der Waals surface area contributed by atoms with Crippen LogP contribution < -0.4 is 15.2 Å². The number of thioether (sulfide) groups is 1. The summed E-state index contributed by atoms with van der Waals surface area (Å²) in [5, 5.41) is 8.55. The molecule has 3 aromatic carbocycles.